The van der Waals surface area contributed by atoms with Crippen LogP contribution in [0, 0.1) is 0 Å². The second-order valence-corrected chi connectivity index (χ2v) is 3.20. The monoisotopic (exact) mass is 161 g/mol. The van der Waals surface area contributed by atoms with E-state index in [9.17, 15) is 0 Å². The van der Waals surface area contributed by atoms with Gasteiger partial charge in [0.15, 0.2) is 0 Å². The number of rotatable bonds is 4. The topological polar surface area (TPSA) is 41.6 Å². The van der Waals surface area contributed by atoms with Crippen molar-refractivity contribution in [1.82, 2.24) is 5.01 Å². The van der Waals surface area contributed by atoms with E-state index in [0.717, 1.165) is 0 Å². The van der Waals surface area contributed by atoms with Crippen LogP contribution >= 0.6 is 11.8 Å². The predicted molar refractivity (Wildman–Crippen MR) is 48.0 cm³/mol. The first-order valence-electron chi connectivity index (χ1n) is 3.16. The number of nitrogens with zero attached hydrogens (tertiary/aromatic N) is 2. The minimum atomic E-state index is -0.0718. The summed E-state index contributed by atoms with van der Waals surface area (Å²) in [6.45, 7) is 7.50. The molecule has 0 fully saturated rings. The molecule has 0 amide bonds. The smallest absolute Gasteiger partial charge is 0.141 e. The summed E-state index contributed by atoms with van der Waals surface area (Å²) >= 11 is 1.56. The van der Waals surface area contributed by atoms with Gasteiger partial charge in [-0.05, 0) is 20.1 Å². The van der Waals surface area contributed by atoms with E-state index in [1.54, 1.807) is 16.8 Å². The second-order valence-electron chi connectivity index (χ2n) is 2.24. The number of hydrogen-bond acceptors (Lipinski definition) is 4. The second kappa shape index (κ2) is 4.57. The summed E-state index contributed by atoms with van der Waals surface area (Å²) in [5.41, 5.74) is 5.61. The molecule has 2 N–H and O–H groups in total. The molecule has 0 saturated carbocycles. The fourth-order valence-corrected chi connectivity index (χ4v) is 1.17. The zero-order chi connectivity index (χ0) is 8.15. The van der Waals surface area contributed by atoms with E-state index < -0.39 is 0 Å². The lowest BCUT2D eigenvalue weighted by Crippen LogP contribution is -2.39. The van der Waals surface area contributed by atoms with Crippen molar-refractivity contribution in [2.75, 3.05) is 6.26 Å². The van der Waals surface area contributed by atoms with Crippen LogP contribution < -0.4 is 5.73 Å². The minimum Gasteiger partial charge on any atom is -0.301 e. The minimum absolute atomic E-state index is 0.0718. The average Bonchev–Trinajstić information content (AvgIpc) is 1.88. The van der Waals surface area contributed by atoms with Crippen LogP contribution in [0.25, 0.3) is 0 Å². The highest BCUT2D eigenvalue weighted by Crippen LogP contribution is 2.09. The number of hydrogen-bond donors (Lipinski definition) is 1. The van der Waals surface area contributed by atoms with Gasteiger partial charge >= 0.3 is 0 Å². The molecule has 1 atom stereocenters. The van der Waals surface area contributed by atoms with Crippen molar-refractivity contribution >= 4 is 18.5 Å². The zero-order valence-corrected chi connectivity index (χ0v) is 7.56. The third-order valence-corrected chi connectivity index (χ3v) is 1.89. The van der Waals surface area contributed by atoms with E-state index >= 15 is 0 Å². The number of hydrazone groups is 1. The normalized spacial score (nSPS) is 13.3. The highest BCUT2D eigenvalue weighted by atomic mass is 32.2. The van der Waals surface area contributed by atoms with E-state index in [-0.39, 0.29) is 5.50 Å². The Balaban J connectivity index is 3.92. The maximum Gasteiger partial charge on any atom is 0.141 e. The molecule has 0 rings (SSSR count). The molecular weight excluding hydrogens is 146 g/mol. The highest BCUT2D eigenvalue weighted by molar-refractivity contribution is 7.99. The third kappa shape index (κ3) is 2.58. The third-order valence-electron chi connectivity index (χ3n) is 1.19. The van der Waals surface area contributed by atoms with Gasteiger partial charge in [0, 0.05) is 12.8 Å². The van der Waals surface area contributed by atoms with Crippen LogP contribution in [0.5, 0.6) is 0 Å². The van der Waals surface area contributed by atoms with Gasteiger partial charge in [-0.25, -0.2) is 0 Å². The van der Waals surface area contributed by atoms with Crippen molar-refractivity contribution in [3.8, 4) is 0 Å². The molecule has 0 radical (unpaired) electrons. The molecule has 0 spiro atoms. The molecule has 0 bridgehead atoms. The van der Waals surface area contributed by atoms with Crippen LogP contribution in [-0.4, -0.2) is 29.5 Å². The molecule has 4 heteroatoms. The maximum atomic E-state index is 5.68. The Morgan fingerprint density at radius 1 is 1.60 bits per heavy atom. The Hall–Kier alpha value is -0.220. The van der Waals surface area contributed by atoms with Crippen LogP contribution in [-0.2, 0) is 0 Å². The largest absolute Gasteiger partial charge is 0.301 e. The maximum absolute atomic E-state index is 5.68. The predicted octanol–water partition coefficient (Wildman–Crippen LogP) is 0.918. The lowest BCUT2D eigenvalue weighted by atomic mass is 10.4. The van der Waals surface area contributed by atoms with Crippen LogP contribution in [0.2, 0.25) is 0 Å². The summed E-state index contributed by atoms with van der Waals surface area (Å²) in [5.74, 6) is 0. The summed E-state index contributed by atoms with van der Waals surface area (Å²) in [5, 5.41) is 5.56. The van der Waals surface area contributed by atoms with Gasteiger partial charge in [0.1, 0.15) is 5.50 Å². The van der Waals surface area contributed by atoms with Crippen LogP contribution in [0.15, 0.2) is 5.10 Å². The van der Waals surface area contributed by atoms with Gasteiger partial charge in [0.2, 0.25) is 0 Å². The molecule has 0 heterocycles. The molecule has 0 aromatic rings. The van der Waals surface area contributed by atoms with Crippen LogP contribution in [0.3, 0.4) is 0 Å². The van der Waals surface area contributed by atoms with Gasteiger partial charge in [-0.15, -0.1) is 11.8 Å². The van der Waals surface area contributed by atoms with Crippen molar-refractivity contribution in [3.05, 3.63) is 0 Å². The molecule has 3 nitrogen and oxygen atoms in total. The zero-order valence-electron chi connectivity index (χ0n) is 6.74. The van der Waals surface area contributed by atoms with Crippen LogP contribution in [0.1, 0.15) is 13.8 Å². The van der Waals surface area contributed by atoms with Gasteiger partial charge < -0.3 is 5.73 Å². The number of nitrogens with two attached hydrogens (primary N) is 1. The highest BCUT2D eigenvalue weighted by Gasteiger charge is 2.11. The standard InChI is InChI=1S/C6H15N3S/c1-5(2)9(8-3)6(7)10-4/h5-6H,3,7H2,1-2,4H3. The lowest BCUT2D eigenvalue weighted by molar-refractivity contribution is 0.221. The summed E-state index contributed by atoms with van der Waals surface area (Å²) in [7, 11) is 0. The number of thioether (sulfide) groups is 1. The van der Waals surface area contributed by atoms with Gasteiger partial charge in [0.25, 0.3) is 0 Å². The average molecular weight is 161 g/mol. The molecule has 60 valence electrons. The fourth-order valence-electron chi connectivity index (χ4n) is 0.646. The summed E-state index contributed by atoms with van der Waals surface area (Å²) in [4.78, 5) is 0. The van der Waals surface area contributed by atoms with Crippen LogP contribution in [0.4, 0.5) is 0 Å². The van der Waals surface area contributed by atoms with Gasteiger partial charge in [-0.1, -0.05) is 0 Å². The first kappa shape index (κ1) is 9.78. The molecule has 0 aliphatic rings. The Morgan fingerprint density at radius 3 is 2.20 bits per heavy atom. The van der Waals surface area contributed by atoms with Crippen molar-refractivity contribution in [2.24, 2.45) is 10.8 Å². The van der Waals surface area contributed by atoms with E-state index in [4.69, 9.17) is 5.73 Å². The Bertz CT molecular complexity index is 105. The molecular formula is C6H15N3S. The van der Waals surface area contributed by atoms with Gasteiger partial charge in [0.05, 0.1) is 0 Å². The molecule has 0 aromatic heterocycles. The van der Waals surface area contributed by atoms with Crippen molar-refractivity contribution in [3.63, 3.8) is 0 Å². The molecule has 0 aromatic carbocycles. The summed E-state index contributed by atoms with van der Waals surface area (Å²) < 4.78 is 0. The van der Waals surface area contributed by atoms with E-state index in [1.165, 1.54) is 0 Å². The quantitative estimate of drug-likeness (QED) is 0.379. The van der Waals surface area contributed by atoms with E-state index in [0.29, 0.717) is 6.04 Å². The van der Waals surface area contributed by atoms with Gasteiger partial charge in [-0.2, -0.15) is 5.10 Å². The Kier molecular flexibility index (Phi) is 4.47. The Morgan fingerprint density at radius 2 is 2.10 bits per heavy atom. The molecule has 0 saturated heterocycles. The van der Waals surface area contributed by atoms with E-state index in [1.807, 2.05) is 20.1 Å². The van der Waals surface area contributed by atoms with Crippen molar-refractivity contribution in [1.29, 1.82) is 0 Å². The molecule has 10 heavy (non-hydrogen) atoms. The fraction of sp³-hybridized carbons (Fsp3) is 0.833. The Labute approximate surface area is 66.7 Å². The van der Waals surface area contributed by atoms with E-state index in [2.05, 4.69) is 11.8 Å². The van der Waals surface area contributed by atoms with Crippen molar-refractivity contribution < 1.29 is 0 Å². The first-order chi connectivity index (χ1) is 4.63. The summed E-state index contributed by atoms with van der Waals surface area (Å²) in [6, 6.07) is 0.319. The first-order valence-corrected chi connectivity index (χ1v) is 4.45. The lowest BCUT2D eigenvalue weighted by Gasteiger charge is -2.27. The molecule has 1 unspecified atom stereocenters. The summed E-state index contributed by atoms with van der Waals surface area (Å²) in [6.07, 6.45) is 1.95. The molecule has 0 aliphatic carbocycles. The SMILES string of the molecule is C=NN(C(C)C)C(N)SC. The van der Waals surface area contributed by atoms with Crippen molar-refractivity contribution in [2.45, 2.75) is 25.4 Å². The van der Waals surface area contributed by atoms with Gasteiger partial charge in [-0.3, -0.25) is 5.01 Å². The molecule has 0 aliphatic heterocycles.